The monoisotopic (exact) mass is 271 g/mol. The molecule has 2 nitrogen and oxygen atoms in total. The van der Waals surface area contributed by atoms with Crippen LogP contribution in [0.25, 0.3) is 11.0 Å². The highest BCUT2D eigenvalue weighted by Gasteiger charge is 2.10. The zero-order valence-electron chi connectivity index (χ0n) is 9.89. The lowest BCUT2D eigenvalue weighted by Gasteiger charge is -2.04. The molecular formula is C13H15Cl2NO. The number of furan rings is 1. The molecule has 1 N–H and O–H groups in total. The summed E-state index contributed by atoms with van der Waals surface area (Å²) < 4.78 is 5.68. The number of hydrogen-bond acceptors (Lipinski definition) is 2. The normalized spacial score (nSPS) is 11.6. The van der Waals surface area contributed by atoms with Crippen LogP contribution in [0.2, 0.25) is 10.0 Å². The van der Waals surface area contributed by atoms with Crippen LogP contribution in [0.5, 0.6) is 0 Å². The summed E-state index contributed by atoms with van der Waals surface area (Å²) in [5, 5.41) is 5.46. The Labute approximate surface area is 111 Å². The summed E-state index contributed by atoms with van der Waals surface area (Å²) in [6.45, 7) is 5.98. The lowest BCUT2D eigenvalue weighted by atomic mass is 10.2. The zero-order valence-corrected chi connectivity index (χ0v) is 11.4. The van der Waals surface area contributed by atoms with Crippen molar-refractivity contribution in [2.24, 2.45) is 5.92 Å². The van der Waals surface area contributed by atoms with Crippen molar-refractivity contribution < 1.29 is 4.42 Å². The fourth-order valence-corrected chi connectivity index (χ4v) is 2.09. The van der Waals surface area contributed by atoms with Gasteiger partial charge in [-0.3, -0.25) is 0 Å². The first-order valence-corrected chi connectivity index (χ1v) is 6.40. The molecule has 2 rings (SSSR count). The highest BCUT2D eigenvalue weighted by atomic mass is 35.5. The molecule has 1 aromatic heterocycles. The van der Waals surface area contributed by atoms with E-state index in [4.69, 9.17) is 27.6 Å². The van der Waals surface area contributed by atoms with E-state index in [2.05, 4.69) is 19.2 Å². The molecule has 1 heterocycles. The van der Waals surface area contributed by atoms with E-state index in [1.54, 1.807) is 12.1 Å². The minimum Gasteiger partial charge on any atom is -0.458 e. The molecule has 0 aliphatic rings. The second-order valence-corrected chi connectivity index (χ2v) is 5.32. The number of hydrogen-bond donors (Lipinski definition) is 1. The number of rotatable bonds is 4. The van der Waals surface area contributed by atoms with E-state index in [9.17, 15) is 0 Å². The lowest BCUT2D eigenvalue weighted by molar-refractivity contribution is 0.485. The number of nitrogens with one attached hydrogen (secondary N) is 1. The summed E-state index contributed by atoms with van der Waals surface area (Å²) in [6, 6.07) is 5.48. The zero-order chi connectivity index (χ0) is 12.4. The smallest absolute Gasteiger partial charge is 0.154 e. The fraction of sp³-hybridized carbons (Fsp3) is 0.385. The number of benzene rings is 1. The van der Waals surface area contributed by atoms with Gasteiger partial charge in [-0.25, -0.2) is 0 Å². The fourth-order valence-electron chi connectivity index (χ4n) is 1.68. The van der Waals surface area contributed by atoms with Crippen LogP contribution < -0.4 is 5.32 Å². The molecular weight excluding hydrogens is 257 g/mol. The van der Waals surface area contributed by atoms with Crippen LogP contribution in [0.15, 0.2) is 22.6 Å². The third-order valence-corrected chi connectivity index (χ3v) is 3.11. The Balaban J connectivity index is 2.20. The summed E-state index contributed by atoms with van der Waals surface area (Å²) in [5.41, 5.74) is 0.667. The molecule has 0 spiro atoms. The van der Waals surface area contributed by atoms with Crippen LogP contribution in [0.1, 0.15) is 19.6 Å². The molecule has 4 heteroatoms. The van der Waals surface area contributed by atoms with E-state index in [-0.39, 0.29) is 0 Å². The molecule has 0 saturated heterocycles. The Morgan fingerprint density at radius 1 is 1.24 bits per heavy atom. The topological polar surface area (TPSA) is 25.2 Å². The quantitative estimate of drug-likeness (QED) is 0.887. The van der Waals surface area contributed by atoms with Crippen LogP contribution in [0.4, 0.5) is 0 Å². The molecule has 0 saturated carbocycles. The first-order valence-electron chi connectivity index (χ1n) is 5.65. The standard InChI is InChI=1S/C13H15Cl2NO/c1-8(2)6-16-7-9-5-10-11(14)3-4-12(15)13(10)17-9/h3-5,8,16H,6-7H2,1-2H3. The van der Waals surface area contributed by atoms with Crippen molar-refractivity contribution >= 4 is 34.2 Å². The maximum absolute atomic E-state index is 6.09. The van der Waals surface area contributed by atoms with E-state index in [1.807, 2.05) is 6.07 Å². The van der Waals surface area contributed by atoms with Crippen LogP contribution in [-0.2, 0) is 6.54 Å². The summed E-state index contributed by atoms with van der Waals surface area (Å²) in [6.07, 6.45) is 0. The third kappa shape index (κ3) is 2.95. The summed E-state index contributed by atoms with van der Waals surface area (Å²) in [5.74, 6) is 1.47. The van der Waals surface area contributed by atoms with Gasteiger partial charge < -0.3 is 9.73 Å². The Morgan fingerprint density at radius 2 is 1.94 bits per heavy atom. The van der Waals surface area contributed by atoms with Crippen molar-refractivity contribution in [3.63, 3.8) is 0 Å². The maximum atomic E-state index is 6.09. The SMILES string of the molecule is CC(C)CNCc1cc2c(Cl)ccc(Cl)c2o1. The van der Waals surface area contributed by atoms with Gasteiger partial charge in [0, 0.05) is 5.39 Å². The maximum Gasteiger partial charge on any atom is 0.154 e. The highest BCUT2D eigenvalue weighted by Crippen LogP contribution is 2.32. The summed E-state index contributed by atoms with van der Waals surface area (Å²) in [7, 11) is 0. The van der Waals surface area contributed by atoms with E-state index >= 15 is 0 Å². The lowest BCUT2D eigenvalue weighted by Crippen LogP contribution is -2.18. The molecule has 92 valence electrons. The van der Waals surface area contributed by atoms with Crippen molar-refractivity contribution in [1.82, 2.24) is 5.32 Å². The van der Waals surface area contributed by atoms with E-state index < -0.39 is 0 Å². The average Bonchev–Trinajstić information content (AvgIpc) is 2.68. The molecule has 0 unspecified atom stereocenters. The Kier molecular flexibility index (Phi) is 3.97. The second-order valence-electron chi connectivity index (χ2n) is 4.51. The van der Waals surface area contributed by atoms with Gasteiger partial charge in [0.25, 0.3) is 0 Å². The third-order valence-electron chi connectivity index (χ3n) is 2.49. The molecule has 2 aromatic rings. The molecule has 1 aromatic carbocycles. The molecule has 0 radical (unpaired) electrons. The van der Waals surface area contributed by atoms with Gasteiger partial charge >= 0.3 is 0 Å². The molecule has 0 aliphatic carbocycles. The Hall–Kier alpha value is -0.700. The van der Waals surface area contributed by atoms with E-state index in [0.717, 1.165) is 17.7 Å². The van der Waals surface area contributed by atoms with Crippen LogP contribution >= 0.6 is 23.2 Å². The molecule has 17 heavy (non-hydrogen) atoms. The van der Waals surface area contributed by atoms with Crippen molar-refractivity contribution in [3.05, 3.63) is 34.0 Å². The second kappa shape index (κ2) is 5.30. The van der Waals surface area contributed by atoms with E-state index in [1.165, 1.54) is 0 Å². The van der Waals surface area contributed by atoms with Crippen molar-refractivity contribution in [1.29, 1.82) is 0 Å². The molecule has 0 atom stereocenters. The Bertz CT molecular complexity index is 480. The van der Waals surface area contributed by atoms with Gasteiger partial charge in [0.15, 0.2) is 5.58 Å². The van der Waals surface area contributed by atoms with E-state index in [0.29, 0.717) is 28.1 Å². The van der Waals surface area contributed by atoms with Crippen molar-refractivity contribution in [2.75, 3.05) is 6.54 Å². The van der Waals surface area contributed by atoms with Crippen LogP contribution in [0, 0.1) is 5.92 Å². The van der Waals surface area contributed by atoms with Gasteiger partial charge in [0.1, 0.15) is 5.76 Å². The summed E-state index contributed by atoms with van der Waals surface area (Å²) >= 11 is 12.1. The van der Waals surface area contributed by atoms with Gasteiger partial charge in [-0.15, -0.1) is 0 Å². The number of halogens is 2. The molecule has 0 amide bonds. The van der Waals surface area contributed by atoms with Gasteiger partial charge in [0.2, 0.25) is 0 Å². The van der Waals surface area contributed by atoms with Crippen LogP contribution in [-0.4, -0.2) is 6.54 Å². The summed E-state index contributed by atoms with van der Waals surface area (Å²) in [4.78, 5) is 0. The minimum absolute atomic E-state index is 0.597. The Morgan fingerprint density at radius 3 is 2.59 bits per heavy atom. The first kappa shape index (κ1) is 12.7. The van der Waals surface area contributed by atoms with Gasteiger partial charge in [-0.2, -0.15) is 0 Å². The highest BCUT2D eigenvalue weighted by molar-refractivity contribution is 6.39. The first-order chi connectivity index (χ1) is 8.08. The van der Waals surface area contributed by atoms with Gasteiger partial charge in [-0.05, 0) is 30.7 Å². The largest absolute Gasteiger partial charge is 0.458 e. The average molecular weight is 272 g/mol. The molecule has 0 bridgehead atoms. The molecule has 0 fully saturated rings. The molecule has 0 aliphatic heterocycles. The van der Waals surface area contributed by atoms with Gasteiger partial charge in [-0.1, -0.05) is 37.0 Å². The van der Waals surface area contributed by atoms with Crippen LogP contribution in [0.3, 0.4) is 0 Å². The van der Waals surface area contributed by atoms with Crippen molar-refractivity contribution in [2.45, 2.75) is 20.4 Å². The number of fused-ring (bicyclic) bond motifs is 1. The predicted octanol–water partition coefficient (Wildman–Crippen LogP) is 4.49. The van der Waals surface area contributed by atoms with Crippen molar-refractivity contribution in [3.8, 4) is 0 Å². The van der Waals surface area contributed by atoms with Gasteiger partial charge in [0.05, 0.1) is 16.6 Å². The predicted molar refractivity (Wildman–Crippen MR) is 72.8 cm³/mol. The minimum atomic E-state index is 0.597.